The van der Waals surface area contributed by atoms with Crippen LogP contribution in [0.3, 0.4) is 0 Å². The van der Waals surface area contributed by atoms with Gasteiger partial charge in [0.15, 0.2) is 0 Å². The summed E-state index contributed by atoms with van der Waals surface area (Å²) in [6.07, 6.45) is 0.654. The predicted molar refractivity (Wildman–Crippen MR) is 79.6 cm³/mol. The van der Waals surface area contributed by atoms with Gasteiger partial charge in [0.2, 0.25) is 0 Å². The Hall–Kier alpha value is -1.82. The first-order chi connectivity index (χ1) is 9.99. The Morgan fingerprint density at radius 1 is 1.24 bits per heavy atom. The molecule has 116 valence electrons. The van der Waals surface area contributed by atoms with Gasteiger partial charge in [-0.3, -0.25) is 4.79 Å². The van der Waals surface area contributed by atoms with Gasteiger partial charge in [0, 0.05) is 31.9 Å². The lowest BCUT2D eigenvalue weighted by Gasteiger charge is -2.32. The van der Waals surface area contributed by atoms with Gasteiger partial charge in [-0.25, -0.2) is 4.79 Å². The molecule has 6 heteroatoms. The molecule has 0 unspecified atom stereocenters. The highest BCUT2D eigenvalue weighted by atomic mass is 16.5. The number of aromatic nitrogens is 1. The van der Waals surface area contributed by atoms with E-state index in [2.05, 4.69) is 9.88 Å². The number of esters is 1. The number of carbonyl (C=O) groups is 2. The maximum Gasteiger partial charge on any atom is 0.339 e. The molecule has 1 aromatic rings. The zero-order valence-corrected chi connectivity index (χ0v) is 13.2. The van der Waals surface area contributed by atoms with E-state index >= 15 is 0 Å². The summed E-state index contributed by atoms with van der Waals surface area (Å²) in [4.78, 5) is 31.7. The smallest absolute Gasteiger partial charge is 0.339 e. The third-order valence-electron chi connectivity index (χ3n) is 4.08. The minimum atomic E-state index is -0.391. The highest BCUT2D eigenvalue weighted by molar-refractivity contribution is 6.00. The van der Waals surface area contributed by atoms with Gasteiger partial charge in [0.25, 0.3) is 5.91 Å². The lowest BCUT2D eigenvalue weighted by Crippen LogP contribution is -2.47. The molecule has 1 aliphatic rings. The molecular weight excluding hydrogens is 270 g/mol. The van der Waals surface area contributed by atoms with Crippen LogP contribution < -0.4 is 0 Å². The molecule has 0 atom stereocenters. The van der Waals surface area contributed by atoms with Crippen molar-refractivity contribution >= 4 is 11.9 Å². The summed E-state index contributed by atoms with van der Waals surface area (Å²) in [5.41, 5.74) is 2.45. The van der Waals surface area contributed by atoms with Crippen LogP contribution in [-0.4, -0.2) is 67.0 Å². The Kier molecular flexibility index (Phi) is 4.67. The zero-order chi connectivity index (χ0) is 15.6. The highest BCUT2D eigenvalue weighted by Gasteiger charge is 2.27. The quantitative estimate of drug-likeness (QED) is 0.846. The van der Waals surface area contributed by atoms with E-state index in [4.69, 9.17) is 4.74 Å². The third kappa shape index (κ3) is 2.95. The van der Waals surface area contributed by atoms with Crippen LogP contribution in [-0.2, 0) is 11.2 Å². The number of nitrogens with zero attached hydrogens (tertiary/aromatic N) is 2. The topological polar surface area (TPSA) is 65.6 Å². The number of piperazine rings is 1. The molecule has 1 N–H and O–H groups in total. The number of amides is 1. The molecule has 1 aromatic heterocycles. The lowest BCUT2D eigenvalue weighted by molar-refractivity contribution is 0.0599. The van der Waals surface area contributed by atoms with Crippen LogP contribution in [0, 0.1) is 6.92 Å². The average Bonchev–Trinajstić information content (AvgIpc) is 2.83. The molecule has 0 aromatic carbocycles. The summed E-state index contributed by atoms with van der Waals surface area (Å²) < 4.78 is 4.82. The van der Waals surface area contributed by atoms with E-state index in [1.165, 1.54) is 7.11 Å². The van der Waals surface area contributed by atoms with Gasteiger partial charge in [-0.2, -0.15) is 0 Å². The average molecular weight is 293 g/mol. The van der Waals surface area contributed by atoms with Crippen LogP contribution in [0.4, 0.5) is 0 Å². The van der Waals surface area contributed by atoms with Crippen molar-refractivity contribution in [3.8, 4) is 0 Å². The molecule has 1 aliphatic heterocycles. The number of ether oxygens (including phenoxy) is 1. The Balaban J connectivity index is 2.29. The molecule has 0 saturated carbocycles. The number of aryl methyl sites for hydroxylation is 1. The molecule has 1 saturated heterocycles. The molecule has 0 spiro atoms. The summed E-state index contributed by atoms with van der Waals surface area (Å²) in [5, 5.41) is 0. The number of carbonyl (C=O) groups excluding carboxylic acids is 2. The van der Waals surface area contributed by atoms with Crippen molar-refractivity contribution in [1.82, 2.24) is 14.8 Å². The second-order valence-electron chi connectivity index (χ2n) is 5.42. The summed E-state index contributed by atoms with van der Waals surface area (Å²) in [7, 11) is 3.41. The second kappa shape index (κ2) is 6.30. The molecule has 2 heterocycles. The van der Waals surface area contributed by atoms with Crippen LogP contribution in [0.15, 0.2) is 0 Å². The Morgan fingerprint density at radius 3 is 2.38 bits per heavy atom. The van der Waals surface area contributed by atoms with Gasteiger partial charge < -0.3 is 19.5 Å². The number of hydrogen-bond acceptors (Lipinski definition) is 4. The van der Waals surface area contributed by atoms with E-state index in [9.17, 15) is 9.59 Å². The van der Waals surface area contributed by atoms with Gasteiger partial charge >= 0.3 is 5.97 Å². The summed E-state index contributed by atoms with van der Waals surface area (Å²) in [6, 6.07) is 0. The summed E-state index contributed by atoms with van der Waals surface area (Å²) in [5.74, 6) is -0.427. The first-order valence-corrected chi connectivity index (χ1v) is 7.27. The fourth-order valence-corrected chi connectivity index (χ4v) is 2.68. The Morgan fingerprint density at radius 2 is 1.86 bits per heavy atom. The van der Waals surface area contributed by atoms with Crippen LogP contribution in [0.25, 0.3) is 0 Å². The van der Waals surface area contributed by atoms with Crippen molar-refractivity contribution in [3.05, 3.63) is 22.5 Å². The number of likely N-dealkylation sites (N-methyl/N-ethyl adjacent to an activating group) is 1. The standard InChI is InChI=1S/C15H23N3O3/c1-5-11-12(15(20)21-4)10(2)13(16-11)14(19)18-8-6-17(3)7-9-18/h16H,5-9H2,1-4H3. The Bertz CT molecular complexity index is 543. The highest BCUT2D eigenvalue weighted by Crippen LogP contribution is 2.21. The van der Waals surface area contributed by atoms with E-state index in [1.54, 1.807) is 6.92 Å². The number of rotatable bonds is 3. The largest absolute Gasteiger partial charge is 0.465 e. The Labute approximate surface area is 125 Å². The lowest BCUT2D eigenvalue weighted by atomic mass is 10.1. The molecule has 2 rings (SSSR count). The van der Waals surface area contributed by atoms with Gasteiger partial charge in [-0.15, -0.1) is 0 Å². The predicted octanol–water partition coefficient (Wildman–Crippen LogP) is 1.06. The molecule has 0 aliphatic carbocycles. The molecule has 21 heavy (non-hydrogen) atoms. The molecule has 1 fully saturated rings. The van der Waals surface area contributed by atoms with E-state index < -0.39 is 5.97 Å². The van der Waals surface area contributed by atoms with Gasteiger partial charge in [-0.1, -0.05) is 6.92 Å². The molecule has 1 amide bonds. The monoisotopic (exact) mass is 293 g/mol. The molecule has 0 radical (unpaired) electrons. The first-order valence-electron chi connectivity index (χ1n) is 7.27. The zero-order valence-electron chi connectivity index (χ0n) is 13.2. The van der Waals surface area contributed by atoms with Crippen molar-refractivity contribution in [2.24, 2.45) is 0 Å². The SMILES string of the molecule is CCc1[nH]c(C(=O)N2CCN(C)CC2)c(C)c1C(=O)OC. The normalized spacial score (nSPS) is 16.1. The first kappa shape index (κ1) is 15.6. The minimum Gasteiger partial charge on any atom is -0.465 e. The summed E-state index contributed by atoms with van der Waals surface area (Å²) in [6.45, 7) is 6.91. The van der Waals surface area contributed by atoms with Gasteiger partial charge in [0.1, 0.15) is 5.69 Å². The van der Waals surface area contributed by atoms with E-state index in [-0.39, 0.29) is 5.91 Å². The maximum absolute atomic E-state index is 12.6. The van der Waals surface area contributed by atoms with Crippen molar-refractivity contribution in [3.63, 3.8) is 0 Å². The van der Waals surface area contributed by atoms with E-state index in [0.29, 0.717) is 36.3 Å². The van der Waals surface area contributed by atoms with E-state index in [1.807, 2.05) is 18.9 Å². The van der Waals surface area contributed by atoms with Crippen LogP contribution >= 0.6 is 0 Å². The fourth-order valence-electron chi connectivity index (χ4n) is 2.68. The van der Waals surface area contributed by atoms with Crippen LogP contribution in [0.5, 0.6) is 0 Å². The summed E-state index contributed by atoms with van der Waals surface area (Å²) >= 11 is 0. The van der Waals surface area contributed by atoms with Crippen molar-refractivity contribution < 1.29 is 14.3 Å². The fraction of sp³-hybridized carbons (Fsp3) is 0.600. The number of methoxy groups -OCH3 is 1. The van der Waals surface area contributed by atoms with E-state index in [0.717, 1.165) is 18.8 Å². The number of nitrogens with one attached hydrogen (secondary N) is 1. The maximum atomic E-state index is 12.6. The van der Waals surface area contributed by atoms with Crippen molar-refractivity contribution in [1.29, 1.82) is 0 Å². The van der Waals surface area contributed by atoms with Gasteiger partial charge in [0.05, 0.1) is 12.7 Å². The molecule has 6 nitrogen and oxygen atoms in total. The van der Waals surface area contributed by atoms with Crippen LogP contribution in [0.1, 0.15) is 39.0 Å². The number of H-pyrrole nitrogens is 1. The molecule has 0 bridgehead atoms. The third-order valence-corrected chi connectivity index (χ3v) is 4.08. The number of aromatic amines is 1. The van der Waals surface area contributed by atoms with Gasteiger partial charge in [-0.05, 0) is 26.0 Å². The van der Waals surface area contributed by atoms with Crippen molar-refractivity contribution in [2.75, 3.05) is 40.3 Å². The van der Waals surface area contributed by atoms with Crippen molar-refractivity contribution in [2.45, 2.75) is 20.3 Å². The number of hydrogen-bond donors (Lipinski definition) is 1. The second-order valence-corrected chi connectivity index (χ2v) is 5.42. The minimum absolute atomic E-state index is 0.0366. The van der Waals surface area contributed by atoms with Crippen LogP contribution in [0.2, 0.25) is 0 Å². The molecular formula is C15H23N3O3.